The topological polar surface area (TPSA) is 53.3 Å². The number of rotatable bonds is 5. The summed E-state index contributed by atoms with van der Waals surface area (Å²) < 4.78 is 5.64. The Labute approximate surface area is 116 Å². The van der Waals surface area contributed by atoms with E-state index in [2.05, 4.69) is 6.07 Å². The summed E-state index contributed by atoms with van der Waals surface area (Å²) in [5.74, 6) is -0.00456. The van der Waals surface area contributed by atoms with Crippen molar-refractivity contribution in [2.75, 3.05) is 19.7 Å². The third kappa shape index (κ3) is 3.70. The van der Waals surface area contributed by atoms with E-state index in [1.807, 2.05) is 32.6 Å². The summed E-state index contributed by atoms with van der Waals surface area (Å²) in [6.45, 7) is 9.75. The molecule has 0 bridgehead atoms. The molecule has 0 atom stereocenters. The molecule has 1 amide bonds. The van der Waals surface area contributed by atoms with Crippen molar-refractivity contribution in [1.29, 1.82) is 5.26 Å². The molecule has 0 N–H and O–H groups in total. The van der Waals surface area contributed by atoms with Gasteiger partial charge in [0.05, 0.1) is 18.3 Å². The first-order valence-electron chi connectivity index (χ1n) is 7.25. The quantitative estimate of drug-likeness (QED) is 0.769. The van der Waals surface area contributed by atoms with Crippen LogP contribution < -0.4 is 0 Å². The van der Waals surface area contributed by atoms with Crippen molar-refractivity contribution in [3.05, 3.63) is 0 Å². The minimum atomic E-state index is -0.836. The molecular weight excluding hydrogens is 240 g/mol. The first kappa shape index (κ1) is 16.0. The predicted octanol–water partition coefficient (Wildman–Crippen LogP) is 2.73. The second-order valence-corrected chi connectivity index (χ2v) is 6.03. The summed E-state index contributed by atoms with van der Waals surface area (Å²) in [5, 5.41) is 9.54. The molecule has 0 saturated carbocycles. The fourth-order valence-electron chi connectivity index (χ4n) is 2.84. The first-order chi connectivity index (χ1) is 8.90. The van der Waals surface area contributed by atoms with Crippen molar-refractivity contribution in [3.8, 4) is 6.07 Å². The summed E-state index contributed by atoms with van der Waals surface area (Å²) in [6.07, 6.45) is 3.00. The molecule has 19 heavy (non-hydrogen) atoms. The summed E-state index contributed by atoms with van der Waals surface area (Å²) >= 11 is 0. The molecule has 1 saturated heterocycles. The van der Waals surface area contributed by atoms with Crippen LogP contribution in [0.15, 0.2) is 0 Å². The van der Waals surface area contributed by atoms with Crippen molar-refractivity contribution in [3.63, 3.8) is 0 Å². The number of amides is 1. The van der Waals surface area contributed by atoms with Gasteiger partial charge in [0.25, 0.3) is 0 Å². The number of carbonyl (C=O) groups excluding carboxylic acids is 1. The summed E-state index contributed by atoms with van der Waals surface area (Å²) in [6, 6.07) is 2.31. The maximum Gasteiger partial charge on any atom is 0.243 e. The second kappa shape index (κ2) is 6.38. The zero-order valence-corrected chi connectivity index (χ0v) is 12.7. The molecule has 4 heteroatoms. The van der Waals surface area contributed by atoms with E-state index in [-0.39, 0.29) is 11.5 Å². The Morgan fingerprint density at radius 1 is 1.37 bits per heavy atom. The molecule has 0 aliphatic carbocycles. The Hall–Kier alpha value is -1.08. The average molecular weight is 266 g/mol. The smallest absolute Gasteiger partial charge is 0.243 e. The highest BCUT2D eigenvalue weighted by atomic mass is 16.5. The van der Waals surface area contributed by atoms with E-state index in [4.69, 9.17) is 4.74 Å². The number of hydrogen-bond donors (Lipinski definition) is 0. The van der Waals surface area contributed by atoms with Gasteiger partial charge < -0.3 is 9.64 Å². The van der Waals surface area contributed by atoms with Crippen LogP contribution in [0.25, 0.3) is 0 Å². The second-order valence-electron chi connectivity index (χ2n) is 6.03. The first-order valence-corrected chi connectivity index (χ1v) is 7.25. The van der Waals surface area contributed by atoms with Crippen LogP contribution in [0.3, 0.4) is 0 Å². The van der Waals surface area contributed by atoms with E-state index < -0.39 is 5.41 Å². The standard InChI is InChI=1S/C15H26N2O2/c1-5-7-15(11-16,8-6-2)13(18)17-9-10-19-14(3,4)12-17/h5-10,12H2,1-4H3. The lowest BCUT2D eigenvalue weighted by molar-refractivity contribution is -0.154. The minimum Gasteiger partial charge on any atom is -0.372 e. The molecule has 1 aliphatic heterocycles. The van der Waals surface area contributed by atoms with E-state index in [9.17, 15) is 10.1 Å². The Morgan fingerprint density at radius 3 is 2.37 bits per heavy atom. The monoisotopic (exact) mass is 266 g/mol. The molecule has 0 unspecified atom stereocenters. The van der Waals surface area contributed by atoms with Crippen molar-refractivity contribution >= 4 is 5.91 Å². The number of nitriles is 1. The van der Waals surface area contributed by atoms with Crippen molar-refractivity contribution < 1.29 is 9.53 Å². The molecule has 0 spiro atoms. The lowest BCUT2D eigenvalue weighted by Crippen LogP contribution is -2.54. The Bertz CT molecular complexity index is 352. The summed E-state index contributed by atoms with van der Waals surface area (Å²) in [7, 11) is 0. The summed E-state index contributed by atoms with van der Waals surface area (Å²) in [5.41, 5.74) is -1.15. The molecule has 108 valence electrons. The van der Waals surface area contributed by atoms with Crippen LogP contribution in [0.2, 0.25) is 0 Å². The predicted molar refractivity (Wildman–Crippen MR) is 74.5 cm³/mol. The lowest BCUT2D eigenvalue weighted by atomic mass is 9.79. The van der Waals surface area contributed by atoms with Crippen LogP contribution in [0, 0.1) is 16.7 Å². The Kier molecular flexibility index (Phi) is 5.37. The van der Waals surface area contributed by atoms with Crippen LogP contribution in [0.4, 0.5) is 0 Å². The van der Waals surface area contributed by atoms with Crippen LogP contribution in [-0.2, 0) is 9.53 Å². The summed E-state index contributed by atoms with van der Waals surface area (Å²) in [4.78, 5) is 14.6. The van der Waals surface area contributed by atoms with Gasteiger partial charge in [-0.1, -0.05) is 26.7 Å². The maximum atomic E-state index is 12.8. The van der Waals surface area contributed by atoms with Crippen LogP contribution in [-0.4, -0.2) is 36.1 Å². The zero-order chi connectivity index (χ0) is 14.5. The third-order valence-electron chi connectivity index (χ3n) is 3.69. The molecule has 0 aromatic carbocycles. The molecule has 1 heterocycles. The van der Waals surface area contributed by atoms with E-state index in [1.165, 1.54) is 0 Å². The van der Waals surface area contributed by atoms with Gasteiger partial charge >= 0.3 is 0 Å². The van der Waals surface area contributed by atoms with Gasteiger partial charge in [0.15, 0.2) is 0 Å². The average Bonchev–Trinajstić information content (AvgIpc) is 2.36. The van der Waals surface area contributed by atoms with Crippen LogP contribution >= 0.6 is 0 Å². The SMILES string of the molecule is CCCC(C#N)(CCC)C(=O)N1CCOC(C)(C)C1. The molecule has 4 nitrogen and oxygen atoms in total. The van der Waals surface area contributed by atoms with Gasteiger partial charge in [-0.25, -0.2) is 0 Å². The zero-order valence-electron chi connectivity index (χ0n) is 12.7. The minimum absolute atomic E-state index is 0.00456. The van der Waals surface area contributed by atoms with Crippen molar-refractivity contribution in [2.45, 2.75) is 59.0 Å². The molecule has 0 aromatic heterocycles. The van der Waals surface area contributed by atoms with E-state index in [1.54, 1.807) is 0 Å². The maximum absolute atomic E-state index is 12.8. The van der Waals surface area contributed by atoms with Crippen LogP contribution in [0.1, 0.15) is 53.4 Å². The van der Waals surface area contributed by atoms with Crippen molar-refractivity contribution in [2.24, 2.45) is 5.41 Å². The number of ether oxygens (including phenoxy) is 1. The van der Waals surface area contributed by atoms with Gasteiger partial charge in [-0.2, -0.15) is 5.26 Å². The van der Waals surface area contributed by atoms with Gasteiger partial charge in [-0.3, -0.25) is 4.79 Å². The molecular formula is C15H26N2O2. The lowest BCUT2D eigenvalue weighted by Gasteiger charge is -2.41. The number of nitrogens with zero attached hydrogens (tertiary/aromatic N) is 2. The molecule has 0 aromatic rings. The Morgan fingerprint density at radius 2 is 1.95 bits per heavy atom. The van der Waals surface area contributed by atoms with Crippen molar-refractivity contribution in [1.82, 2.24) is 4.90 Å². The highest BCUT2D eigenvalue weighted by molar-refractivity contribution is 5.85. The number of morpholine rings is 1. The van der Waals surface area contributed by atoms with Crippen LogP contribution in [0.5, 0.6) is 0 Å². The molecule has 0 radical (unpaired) electrons. The van der Waals surface area contributed by atoms with Gasteiger partial charge in [0.1, 0.15) is 5.41 Å². The molecule has 1 aliphatic rings. The fraction of sp³-hybridized carbons (Fsp3) is 0.867. The van der Waals surface area contributed by atoms with Gasteiger partial charge in [0, 0.05) is 13.1 Å². The fourth-order valence-corrected chi connectivity index (χ4v) is 2.84. The third-order valence-corrected chi connectivity index (χ3v) is 3.69. The van der Waals surface area contributed by atoms with Gasteiger partial charge in [-0.05, 0) is 26.7 Å². The highest BCUT2D eigenvalue weighted by Gasteiger charge is 2.42. The Balaban J connectivity index is 2.90. The van der Waals surface area contributed by atoms with E-state index in [0.29, 0.717) is 32.5 Å². The molecule has 1 rings (SSSR count). The highest BCUT2D eigenvalue weighted by Crippen LogP contribution is 2.33. The van der Waals surface area contributed by atoms with E-state index in [0.717, 1.165) is 12.8 Å². The number of carbonyl (C=O) groups is 1. The van der Waals surface area contributed by atoms with Gasteiger partial charge in [-0.15, -0.1) is 0 Å². The largest absolute Gasteiger partial charge is 0.372 e. The normalized spacial score (nSPS) is 19.0. The number of hydrogen-bond acceptors (Lipinski definition) is 3. The molecule has 1 fully saturated rings. The van der Waals surface area contributed by atoms with E-state index >= 15 is 0 Å². The van der Waals surface area contributed by atoms with Gasteiger partial charge in [0.2, 0.25) is 5.91 Å².